The normalized spacial score (nSPS) is 25.9. The summed E-state index contributed by atoms with van der Waals surface area (Å²) in [6.07, 6.45) is -1.37. The Morgan fingerprint density at radius 3 is 2.54 bits per heavy atom. The van der Waals surface area contributed by atoms with Gasteiger partial charge in [0.15, 0.2) is 5.76 Å². The van der Waals surface area contributed by atoms with Crippen LogP contribution in [0.15, 0.2) is 21.7 Å². The fraction of sp³-hybridized carbons (Fsp3) is 0.625. The fourth-order valence-corrected chi connectivity index (χ4v) is 3.32. The van der Waals surface area contributed by atoms with Crippen molar-refractivity contribution in [2.24, 2.45) is 11.0 Å². The van der Waals surface area contributed by atoms with Crippen molar-refractivity contribution in [2.75, 3.05) is 0 Å². The quantitative estimate of drug-likeness (QED) is 0.891. The predicted molar refractivity (Wildman–Crippen MR) is 79.2 cm³/mol. The summed E-state index contributed by atoms with van der Waals surface area (Å²) in [4.78, 5) is 12.4. The lowest BCUT2D eigenvalue weighted by Crippen LogP contribution is -2.56. The minimum absolute atomic E-state index is 0.122. The number of amides is 1. The molecule has 0 aromatic carbocycles. The van der Waals surface area contributed by atoms with E-state index in [-0.39, 0.29) is 22.4 Å². The van der Waals surface area contributed by atoms with Crippen LogP contribution in [0.4, 0.5) is 13.2 Å². The van der Waals surface area contributed by atoms with Gasteiger partial charge in [-0.2, -0.15) is 23.3 Å². The second-order valence-corrected chi connectivity index (χ2v) is 6.44. The predicted octanol–water partition coefficient (Wildman–Crippen LogP) is 3.62. The number of carbonyl (C=O) groups excluding carboxylic acids is 1. The second kappa shape index (κ2) is 5.91. The Kier molecular flexibility index (Phi) is 4.19. The van der Waals surface area contributed by atoms with Crippen molar-refractivity contribution in [1.82, 2.24) is 5.01 Å². The molecule has 1 aliphatic heterocycles. The number of hydrazone groups is 1. The van der Waals surface area contributed by atoms with Crippen LogP contribution in [0.25, 0.3) is 0 Å². The van der Waals surface area contributed by atoms with Gasteiger partial charge < -0.3 is 9.52 Å². The average Bonchev–Trinajstić information content (AvgIpc) is 3.12. The molecule has 0 spiro atoms. The summed E-state index contributed by atoms with van der Waals surface area (Å²) >= 11 is 0. The first-order valence-electron chi connectivity index (χ1n) is 8.00. The number of rotatable bonds is 2. The topological polar surface area (TPSA) is 66.0 Å². The molecule has 1 aromatic heterocycles. The molecule has 2 heterocycles. The molecule has 0 radical (unpaired) electrons. The molecule has 0 saturated heterocycles. The summed E-state index contributed by atoms with van der Waals surface area (Å²) in [6, 6.07) is 2.75. The third kappa shape index (κ3) is 2.83. The molecular formula is C16H19F3N2O3. The maximum atomic E-state index is 13.5. The van der Waals surface area contributed by atoms with Crippen molar-refractivity contribution in [3.05, 3.63) is 23.7 Å². The Balaban J connectivity index is 1.94. The van der Waals surface area contributed by atoms with Crippen LogP contribution in [0, 0.1) is 12.8 Å². The van der Waals surface area contributed by atoms with Crippen LogP contribution in [-0.2, 0) is 0 Å². The summed E-state index contributed by atoms with van der Waals surface area (Å²) in [5, 5.41) is 14.3. The zero-order valence-electron chi connectivity index (χ0n) is 13.3. The van der Waals surface area contributed by atoms with Gasteiger partial charge in [-0.1, -0.05) is 19.3 Å². The molecule has 0 unspecified atom stereocenters. The number of alkyl halides is 3. The highest BCUT2D eigenvalue weighted by molar-refractivity contribution is 5.97. The molecule has 0 bridgehead atoms. The molecule has 24 heavy (non-hydrogen) atoms. The monoisotopic (exact) mass is 344 g/mol. The van der Waals surface area contributed by atoms with E-state index in [0.717, 1.165) is 32.1 Å². The zero-order chi connectivity index (χ0) is 17.5. The standard InChI is InChI=1S/C16H19F3N2O3/c1-10-7-8-13(24-10)14(22)21-15(23,16(17,18)19)9-12(20-21)11-5-3-2-4-6-11/h7-8,11,23H,2-6,9H2,1H3/t15-/m0/s1. The molecule has 1 amide bonds. The van der Waals surface area contributed by atoms with Gasteiger partial charge in [0.05, 0.1) is 0 Å². The first-order valence-corrected chi connectivity index (χ1v) is 8.00. The summed E-state index contributed by atoms with van der Waals surface area (Å²) in [5.41, 5.74) is -3.08. The minimum atomic E-state index is -5.01. The SMILES string of the molecule is Cc1ccc(C(=O)N2N=C(C3CCCCC3)C[C@]2(O)C(F)(F)F)o1. The van der Waals surface area contributed by atoms with E-state index in [1.807, 2.05) is 0 Å². The highest BCUT2D eigenvalue weighted by atomic mass is 19.4. The summed E-state index contributed by atoms with van der Waals surface area (Å²) in [7, 11) is 0. The molecule has 1 fully saturated rings. The van der Waals surface area contributed by atoms with E-state index >= 15 is 0 Å². The minimum Gasteiger partial charge on any atom is -0.456 e. The largest absolute Gasteiger partial charge is 0.456 e. The number of nitrogens with zero attached hydrogens (tertiary/aromatic N) is 2. The van der Waals surface area contributed by atoms with E-state index in [2.05, 4.69) is 5.10 Å². The van der Waals surface area contributed by atoms with Crippen LogP contribution in [0.1, 0.15) is 54.8 Å². The van der Waals surface area contributed by atoms with Gasteiger partial charge in [0.25, 0.3) is 5.72 Å². The summed E-state index contributed by atoms with van der Waals surface area (Å²) in [6.45, 7) is 1.58. The van der Waals surface area contributed by atoms with Crippen molar-refractivity contribution in [1.29, 1.82) is 0 Å². The van der Waals surface area contributed by atoms with Crippen LogP contribution in [-0.4, -0.2) is 33.6 Å². The molecule has 1 N–H and O–H groups in total. The molecule has 1 aliphatic carbocycles. The molecule has 2 aliphatic rings. The molecule has 1 aromatic rings. The molecule has 132 valence electrons. The lowest BCUT2D eigenvalue weighted by molar-refractivity contribution is -0.297. The van der Waals surface area contributed by atoms with Crippen LogP contribution < -0.4 is 0 Å². The lowest BCUT2D eigenvalue weighted by atomic mass is 9.83. The Morgan fingerprint density at radius 2 is 2.00 bits per heavy atom. The van der Waals surface area contributed by atoms with Gasteiger partial charge in [-0.15, -0.1) is 0 Å². The van der Waals surface area contributed by atoms with E-state index in [4.69, 9.17) is 4.42 Å². The van der Waals surface area contributed by atoms with Gasteiger partial charge in [0.2, 0.25) is 0 Å². The molecule has 5 nitrogen and oxygen atoms in total. The number of furan rings is 1. The number of halogens is 3. The van der Waals surface area contributed by atoms with E-state index < -0.39 is 24.2 Å². The number of aryl methyl sites for hydroxylation is 1. The number of hydrogen-bond donors (Lipinski definition) is 1. The summed E-state index contributed by atoms with van der Waals surface area (Å²) in [5.74, 6) is -1.09. The van der Waals surface area contributed by atoms with Gasteiger partial charge in [0, 0.05) is 12.1 Å². The number of aliphatic hydroxyl groups is 1. The second-order valence-electron chi connectivity index (χ2n) is 6.44. The van der Waals surface area contributed by atoms with Crippen LogP contribution in [0.5, 0.6) is 0 Å². The van der Waals surface area contributed by atoms with Crippen molar-refractivity contribution in [2.45, 2.75) is 57.3 Å². The van der Waals surface area contributed by atoms with Gasteiger partial charge in [-0.25, -0.2) is 0 Å². The summed E-state index contributed by atoms with van der Waals surface area (Å²) < 4.78 is 45.5. The third-order valence-corrected chi connectivity index (χ3v) is 4.68. The van der Waals surface area contributed by atoms with Gasteiger partial charge in [-0.3, -0.25) is 4.79 Å². The Bertz CT molecular complexity index is 662. The fourth-order valence-electron chi connectivity index (χ4n) is 3.32. The van der Waals surface area contributed by atoms with Gasteiger partial charge in [-0.05, 0) is 37.8 Å². The zero-order valence-corrected chi connectivity index (χ0v) is 13.3. The third-order valence-electron chi connectivity index (χ3n) is 4.68. The van der Waals surface area contributed by atoms with Crippen LogP contribution >= 0.6 is 0 Å². The Hall–Kier alpha value is -1.83. The van der Waals surface area contributed by atoms with Gasteiger partial charge in [0.1, 0.15) is 5.76 Å². The molecule has 1 saturated carbocycles. The maximum absolute atomic E-state index is 13.5. The van der Waals surface area contributed by atoms with E-state index in [9.17, 15) is 23.1 Å². The van der Waals surface area contributed by atoms with E-state index in [1.54, 1.807) is 6.92 Å². The van der Waals surface area contributed by atoms with Crippen molar-refractivity contribution in [3.8, 4) is 0 Å². The highest BCUT2D eigenvalue weighted by Crippen LogP contribution is 2.43. The average molecular weight is 344 g/mol. The highest BCUT2D eigenvalue weighted by Gasteiger charge is 2.64. The van der Waals surface area contributed by atoms with Crippen molar-refractivity contribution >= 4 is 11.6 Å². The molecular weight excluding hydrogens is 325 g/mol. The van der Waals surface area contributed by atoms with E-state index in [0.29, 0.717) is 5.76 Å². The first kappa shape index (κ1) is 17.0. The van der Waals surface area contributed by atoms with Crippen molar-refractivity contribution < 1.29 is 27.5 Å². The first-order chi connectivity index (χ1) is 11.2. The van der Waals surface area contributed by atoms with Gasteiger partial charge >= 0.3 is 12.1 Å². The smallest absolute Gasteiger partial charge is 0.438 e. The Morgan fingerprint density at radius 1 is 1.33 bits per heavy atom. The maximum Gasteiger partial charge on any atom is 0.438 e. The van der Waals surface area contributed by atoms with Crippen molar-refractivity contribution in [3.63, 3.8) is 0 Å². The molecule has 8 heteroatoms. The van der Waals surface area contributed by atoms with Crippen LogP contribution in [0.3, 0.4) is 0 Å². The van der Waals surface area contributed by atoms with E-state index in [1.165, 1.54) is 12.1 Å². The molecule has 1 atom stereocenters. The van der Waals surface area contributed by atoms with Crippen LogP contribution in [0.2, 0.25) is 0 Å². The Labute approximate surface area is 137 Å². The number of carbonyl (C=O) groups is 1. The number of hydrogen-bond acceptors (Lipinski definition) is 4. The molecule has 3 rings (SSSR count). The lowest BCUT2D eigenvalue weighted by Gasteiger charge is -2.32.